The van der Waals surface area contributed by atoms with Crippen LogP contribution in [0.25, 0.3) is 0 Å². The molecule has 3 N–H and O–H groups in total. The lowest BCUT2D eigenvalue weighted by Crippen LogP contribution is -2.46. The maximum Gasteiger partial charge on any atom is 0.326 e. The number of ether oxygens (including phenoxy) is 1. The first-order valence-corrected chi connectivity index (χ1v) is 8.76. The topological polar surface area (TPSA) is 90.9 Å². The molecule has 1 unspecified atom stereocenters. The lowest BCUT2D eigenvalue weighted by molar-refractivity contribution is -0.150. The van der Waals surface area contributed by atoms with Crippen molar-refractivity contribution in [3.05, 3.63) is 23.8 Å². The molecule has 0 saturated carbocycles. The summed E-state index contributed by atoms with van der Waals surface area (Å²) >= 11 is 5.24. The Morgan fingerprint density at radius 3 is 2.50 bits per heavy atom. The van der Waals surface area contributed by atoms with E-state index in [2.05, 4.69) is 10.6 Å². The maximum absolute atomic E-state index is 12.2. The van der Waals surface area contributed by atoms with E-state index in [1.165, 1.54) is 11.9 Å². The molecule has 144 valence electrons. The SMILES string of the molecule is COc1ccc(NC(=S)NCCC(=O)N(C)C(C(=O)O)C(C)C)c(C)c1. The summed E-state index contributed by atoms with van der Waals surface area (Å²) in [5.74, 6) is -0.660. The molecule has 1 aromatic carbocycles. The molecule has 1 rings (SSSR count). The third-order valence-corrected chi connectivity index (χ3v) is 4.25. The van der Waals surface area contributed by atoms with Crippen molar-refractivity contribution >= 4 is 34.9 Å². The lowest BCUT2D eigenvalue weighted by atomic mass is 10.0. The van der Waals surface area contributed by atoms with Crippen LogP contribution in [0.5, 0.6) is 5.75 Å². The summed E-state index contributed by atoms with van der Waals surface area (Å²) in [5, 5.41) is 15.7. The van der Waals surface area contributed by atoms with E-state index in [1.54, 1.807) is 21.0 Å². The molecule has 0 aliphatic heterocycles. The number of hydrogen-bond donors (Lipinski definition) is 3. The van der Waals surface area contributed by atoms with Crippen molar-refractivity contribution in [3.8, 4) is 5.75 Å². The molecule has 1 amide bonds. The monoisotopic (exact) mass is 381 g/mol. The van der Waals surface area contributed by atoms with Crippen molar-refractivity contribution in [3.63, 3.8) is 0 Å². The molecule has 7 nitrogen and oxygen atoms in total. The van der Waals surface area contributed by atoms with E-state index in [1.807, 2.05) is 25.1 Å². The minimum Gasteiger partial charge on any atom is -0.497 e. The Morgan fingerprint density at radius 1 is 1.35 bits per heavy atom. The number of aryl methyl sites for hydroxylation is 1. The van der Waals surface area contributed by atoms with Gasteiger partial charge in [-0.05, 0) is 48.8 Å². The van der Waals surface area contributed by atoms with Gasteiger partial charge in [0.2, 0.25) is 5.91 Å². The zero-order chi connectivity index (χ0) is 19.9. The summed E-state index contributed by atoms with van der Waals surface area (Å²) in [4.78, 5) is 24.8. The number of carbonyl (C=O) groups excluding carboxylic acids is 1. The second kappa shape index (κ2) is 9.96. The smallest absolute Gasteiger partial charge is 0.326 e. The highest BCUT2D eigenvalue weighted by Crippen LogP contribution is 2.20. The predicted molar refractivity (Wildman–Crippen MR) is 106 cm³/mol. The second-order valence-electron chi connectivity index (χ2n) is 6.34. The van der Waals surface area contributed by atoms with Gasteiger partial charge < -0.3 is 25.4 Å². The van der Waals surface area contributed by atoms with E-state index >= 15 is 0 Å². The standard InChI is InChI=1S/C18H27N3O4S/c1-11(2)16(17(23)24)21(4)15(22)8-9-19-18(26)20-14-7-6-13(25-5)10-12(14)3/h6-7,10-11,16H,8-9H2,1-5H3,(H,23,24)(H2,19,20,26). The number of amides is 1. The molecule has 26 heavy (non-hydrogen) atoms. The number of nitrogens with one attached hydrogen (secondary N) is 2. The predicted octanol–water partition coefficient (Wildman–Crippen LogP) is 2.25. The summed E-state index contributed by atoms with van der Waals surface area (Å²) in [5.41, 5.74) is 1.82. The quantitative estimate of drug-likeness (QED) is 0.595. The highest BCUT2D eigenvalue weighted by atomic mass is 32.1. The number of nitrogens with zero attached hydrogens (tertiary/aromatic N) is 1. The lowest BCUT2D eigenvalue weighted by Gasteiger charge is -2.27. The van der Waals surface area contributed by atoms with Crippen LogP contribution >= 0.6 is 12.2 Å². The van der Waals surface area contributed by atoms with Crippen LogP contribution in [0.2, 0.25) is 0 Å². The fourth-order valence-corrected chi connectivity index (χ4v) is 2.79. The van der Waals surface area contributed by atoms with E-state index in [0.717, 1.165) is 17.0 Å². The Bertz CT molecular complexity index is 664. The minimum atomic E-state index is -1.00. The second-order valence-corrected chi connectivity index (χ2v) is 6.75. The van der Waals surface area contributed by atoms with Crippen LogP contribution in [0.15, 0.2) is 18.2 Å². The molecule has 0 aromatic heterocycles. The van der Waals surface area contributed by atoms with E-state index in [-0.39, 0.29) is 18.2 Å². The number of carbonyl (C=O) groups is 2. The molecule has 8 heteroatoms. The molecular formula is C18H27N3O4S. The summed E-state index contributed by atoms with van der Waals surface area (Å²) in [6.45, 7) is 5.80. The number of benzene rings is 1. The van der Waals surface area contributed by atoms with Crippen LogP contribution < -0.4 is 15.4 Å². The molecule has 0 bridgehead atoms. The maximum atomic E-state index is 12.2. The van der Waals surface area contributed by atoms with Gasteiger partial charge in [0.05, 0.1) is 7.11 Å². The first kappa shape index (κ1) is 21.7. The van der Waals surface area contributed by atoms with Gasteiger partial charge in [0.1, 0.15) is 11.8 Å². The largest absolute Gasteiger partial charge is 0.497 e. The molecule has 0 heterocycles. The average molecular weight is 381 g/mol. The van der Waals surface area contributed by atoms with Gasteiger partial charge in [-0.3, -0.25) is 4.79 Å². The summed E-state index contributed by atoms with van der Waals surface area (Å²) in [7, 11) is 3.12. The van der Waals surface area contributed by atoms with Crippen molar-refractivity contribution in [1.29, 1.82) is 0 Å². The Morgan fingerprint density at radius 2 is 2.00 bits per heavy atom. The van der Waals surface area contributed by atoms with Gasteiger partial charge in [0.15, 0.2) is 5.11 Å². The molecule has 0 fully saturated rings. The van der Waals surface area contributed by atoms with Crippen LogP contribution in [0.3, 0.4) is 0 Å². The van der Waals surface area contributed by atoms with Crippen molar-refractivity contribution in [2.45, 2.75) is 33.2 Å². The number of hydrogen-bond acceptors (Lipinski definition) is 4. The number of methoxy groups -OCH3 is 1. The molecule has 0 spiro atoms. The molecule has 0 aliphatic carbocycles. The van der Waals surface area contributed by atoms with E-state index in [4.69, 9.17) is 17.0 Å². The first-order valence-electron chi connectivity index (χ1n) is 8.35. The number of aliphatic carboxylic acids is 1. The third-order valence-electron chi connectivity index (χ3n) is 4.00. The zero-order valence-electron chi connectivity index (χ0n) is 15.8. The summed E-state index contributed by atoms with van der Waals surface area (Å²) in [6.07, 6.45) is 0.149. The number of anilines is 1. The normalized spacial score (nSPS) is 11.6. The van der Waals surface area contributed by atoms with E-state index in [9.17, 15) is 14.7 Å². The Hall–Kier alpha value is -2.35. The number of rotatable bonds is 8. The zero-order valence-corrected chi connectivity index (χ0v) is 16.6. The fourth-order valence-electron chi connectivity index (χ4n) is 2.58. The Labute approximate surface area is 159 Å². The molecular weight excluding hydrogens is 354 g/mol. The molecule has 0 aliphatic rings. The van der Waals surface area contributed by atoms with Crippen molar-refractivity contribution in [2.24, 2.45) is 5.92 Å². The van der Waals surface area contributed by atoms with Crippen molar-refractivity contribution in [2.75, 3.05) is 26.0 Å². The minimum absolute atomic E-state index is 0.149. The first-order chi connectivity index (χ1) is 12.2. The van der Waals surface area contributed by atoms with Crippen molar-refractivity contribution in [1.82, 2.24) is 10.2 Å². The molecule has 0 radical (unpaired) electrons. The highest BCUT2D eigenvalue weighted by molar-refractivity contribution is 7.80. The van der Waals surface area contributed by atoms with Crippen molar-refractivity contribution < 1.29 is 19.4 Å². The average Bonchev–Trinajstić information content (AvgIpc) is 2.55. The van der Waals surface area contributed by atoms with Crippen LogP contribution in [0.1, 0.15) is 25.8 Å². The van der Waals surface area contributed by atoms with Crippen LogP contribution in [0, 0.1) is 12.8 Å². The highest BCUT2D eigenvalue weighted by Gasteiger charge is 2.29. The summed E-state index contributed by atoms with van der Waals surface area (Å²) < 4.78 is 5.16. The Balaban J connectivity index is 2.50. The van der Waals surface area contributed by atoms with Crippen LogP contribution in [-0.4, -0.2) is 53.7 Å². The number of carboxylic acid groups (broad SMARTS) is 1. The van der Waals surface area contributed by atoms with E-state index in [0.29, 0.717) is 11.7 Å². The summed E-state index contributed by atoms with van der Waals surface area (Å²) in [6, 6.07) is 4.74. The van der Waals surface area contributed by atoms with Gasteiger partial charge in [0.25, 0.3) is 0 Å². The third kappa shape index (κ3) is 6.18. The fraction of sp³-hybridized carbons (Fsp3) is 0.500. The van der Waals surface area contributed by atoms with Gasteiger partial charge in [-0.15, -0.1) is 0 Å². The van der Waals surface area contributed by atoms with Gasteiger partial charge in [-0.2, -0.15) is 0 Å². The van der Waals surface area contributed by atoms with Crippen LogP contribution in [-0.2, 0) is 9.59 Å². The molecule has 1 atom stereocenters. The van der Waals surface area contributed by atoms with Crippen LogP contribution in [0.4, 0.5) is 5.69 Å². The molecule has 0 saturated heterocycles. The number of thiocarbonyl (C=S) groups is 1. The van der Waals surface area contributed by atoms with Gasteiger partial charge >= 0.3 is 5.97 Å². The van der Waals surface area contributed by atoms with Gasteiger partial charge in [-0.25, -0.2) is 4.79 Å². The van der Waals surface area contributed by atoms with E-state index < -0.39 is 12.0 Å². The van der Waals surface area contributed by atoms with Gasteiger partial charge in [-0.1, -0.05) is 13.8 Å². The number of likely N-dealkylation sites (N-methyl/N-ethyl adjacent to an activating group) is 1. The van der Waals surface area contributed by atoms with Gasteiger partial charge in [0, 0.05) is 25.7 Å². The number of carboxylic acids is 1. The molecule has 1 aromatic rings. The Kier molecular flexibility index (Phi) is 8.31.